The Balaban J connectivity index is 2.43. The highest BCUT2D eigenvalue weighted by molar-refractivity contribution is 7.54. The number of hydrogen-bond acceptors (Lipinski definition) is 6. The average Bonchev–Trinajstić information content (AvgIpc) is 2.66. The number of benzene rings is 2. The van der Waals surface area contributed by atoms with Crippen LogP contribution in [0.5, 0.6) is 11.5 Å². The van der Waals surface area contributed by atoms with Crippen molar-refractivity contribution in [2.45, 2.75) is 19.6 Å². The molecule has 2 aromatic carbocycles. The highest BCUT2D eigenvalue weighted by Gasteiger charge is 2.37. The monoisotopic (exact) mass is 379 g/mol. The van der Waals surface area contributed by atoms with Crippen molar-refractivity contribution in [1.82, 2.24) is 0 Å². The van der Waals surface area contributed by atoms with Gasteiger partial charge in [-0.2, -0.15) is 0 Å². The molecule has 0 saturated carbocycles. The first kappa shape index (κ1) is 20.3. The predicted molar refractivity (Wildman–Crippen MR) is 103 cm³/mol. The van der Waals surface area contributed by atoms with Gasteiger partial charge in [0.25, 0.3) is 0 Å². The summed E-state index contributed by atoms with van der Waals surface area (Å²) < 4.78 is 35.2. The summed E-state index contributed by atoms with van der Waals surface area (Å²) in [4.78, 5) is 0. The zero-order valence-corrected chi connectivity index (χ0v) is 16.5. The van der Waals surface area contributed by atoms with Gasteiger partial charge in [-0.05, 0) is 31.5 Å². The van der Waals surface area contributed by atoms with Crippen molar-refractivity contribution in [3.8, 4) is 11.5 Å². The lowest BCUT2D eigenvalue weighted by atomic mass is 10.2. The molecule has 2 aromatic rings. The van der Waals surface area contributed by atoms with Crippen molar-refractivity contribution in [2.24, 2.45) is 0 Å². The van der Waals surface area contributed by atoms with Gasteiger partial charge in [-0.1, -0.05) is 30.3 Å². The van der Waals surface area contributed by atoms with Crippen LogP contribution in [0, 0.1) is 0 Å². The lowest BCUT2D eigenvalue weighted by Gasteiger charge is -2.28. The maximum atomic E-state index is 13.4. The highest BCUT2D eigenvalue weighted by Crippen LogP contribution is 2.60. The number of anilines is 1. The summed E-state index contributed by atoms with van der Waals surface area (Å²) >= 11 is 0. The van der Waals surface area contributed by atoms with Gasteiger partial charge in [0.15, 0.2) is 17.3 Å². The Labute approximate surface area is 155 Å². The SMILES string of the molecule is CCOP(=O)(OCC)C(Nc1ccc(OC)c(OC)c1)c1ccccc1. The topological polar surface area (TPSA) is 66.0 Å². The largest absolute Gasteiger partial charge is 0.493 e. The second kappa shape index (κ2) is 9.62. The molecule has 2 rings (SSSR count). The van der Waals surface area contributed by atoms with E-state index in [-0.39, 0.29) is 13.2 Å². The standard InChI is InChI=1S/C19H26NO5P/c1-5-24-26(21,25-6-2)19(15-10-8-7-9-11-15)20-16-12-13-17(22-3)18(14-16)23-4/h7-14,19-20H,5-6H2,1-4H3. The summed E-state index contributed by atoms with van der Waals surface area (Å²) in [5.74, 6) is 0.542. The van der Waals surface area contributed by atoms with E-state index in [1.54, 1.807) is 40.2 Å². The summed E-state index contributed by atoms with van der Waals surface area (Å²) in [5.41, 5.74) is 1.53. The van der Waals surface area contributed by atoms with Crippen LogP contribution in [0.4, 0.5) is 5.69 Å². The van der Waals surface area contributed by atoms with Crippen LogP contribution in [0.1, 0.15) is 25.2 Å². The summed E-state index contributed by atoms with van der Waals surface area (Å²) in [6.07, 6.45) is 0. The van der Waals surface area contributed by atoms with E-state index >= 15 is 0 Å². The summed E-state index contributed by atoms with van der Waals surface area (Å²) in [6, 6.07) is 14.9. The van der Waals surface area contributed by atoms with Crippen LogP contribution < -0.4 is 14.8 Å². The van der Waals surface area contributed by atoms with Crippen LogP contribution in [0.3, 0.4) is 0 Å². The van der Waals surface area contributed by atoms with Crippen molar-refractivity contribution in [2.75, 3.05) is 32.8 Å². The fourth-order valence-corrected chi connectivity index (χ4v) is 4.55. The third-order valence-electron chi connectivity index (χ3n) is 3.74. The van der Waals surface area contributed by atoms with E-state index in [4.69, 9.17) is 18.5 Å². The third kappa shape index (κ3) is 4.79. The van der Waals surface area contributed by atoms with Gasteiger partial charge in [-0.3, -0.25) is 4.57 Å². The molecule has 0 radical (unpaired) electrons. The molecule has 0 amide bonds. The molecule has 0 fully saturated rings. The molecular weight excluding hydrogens is 353 g/mol. The van der Waals surface area contributed by atoms with Gasteiger partial charge in [0.1, 0.15) is 0 Å². The molecule has 0 aliphatic carbocycles. The molecule has 7 heteroatoms. The van der Waals surface area contributed by atoms with E-state index < -0.39 is 13.4 Å². The number of methoxy groups -OCH3 is 2. The molecule has 1 atom stereocenters. The number of rotatable bonds is 10. The Bertz CT molecular complexity index is 728. The normalized spacial score (nSPS) is 12.5. The van der Waals surface area contributed by atoms with Gasteiger partial charge < -0.3 is 23.8 Å². The van der Waals surface area contributed by atoms with E-state index in [0.717, 1.165) is 11.3 Å². The minimum absolute atomic E-state index is 0.286. The van der Waals surface area contributed by atoms with Crippen LogP contribution in [-0.4, -0.2) is 27.4 Å². The molecule has 0 saturated heterocycles. The molecule has 26 heavy (non-hydrogen) atoms. The summed E-state index contributed by atoms with van der Waals surface area (Å²) in [7, 11) is -0.292. The number of hydrogen-bond donors (Lipinski definition) is 1. The number of ether oxygens (including phenoxy) is 2. The molecule has 0 aromatic heterocycles. The van der Waals surface area contributed by atoms with Crippen molar-refractivity contribution in [1.29, 1.82) is 0 Å². The maximum absolute atomic E-state index is 13.4. The lowest BCUT2D eigenvalue weighted by Crippen LogP contribution is -2.15. The quantitative estimate of drug-likeness (QED) is 0.581. The molecule has 0 aliphatic rings. The second-order valence-corrected chi connectivity index (χ2v) is 7.52. The molecule has 0 bridgehead atoms. The molecule has 6 nitrogen and oxygen atoms in total. The minimum Gasteiger partial charge on any atom is -0.493 e. The van der Waals surface area contributed by atoms with Crippen molar-refractivity contribution < 1.29 is 23.1 Å². The predicted octanol–water partition coefficient (Wildman–Crippen LogP) is 5.08. The minimum atomic E-state index is -3.44. The van der Waals surface area contributed by atoms with Crippen molar-refractivity contribution in [3.63, 3.8) is 0 Å². The molecule has 1 N–H and O–H groups in total. The van der Waals surface area contributed by atoms with Gasteiger partial charge in [-0.15, -0.1) is 0 Å². The zero-order chi connectivity index (χ0) is 19.0. The molecule has 0 spiro atoms. The van der Waals surface area contributed by atoms with E-state index in [1.165, 1.54) is 0 Å². The first-order valence-corrected chi connectivity index (χ1v) is 10.1. The molecular formula is C19H26NO5P. The van der Waals surface area contributed by atoms with Crippen LogP contribution >= 0.6 is 7.60 Å². The molecule has 1 unspecified atom stereocenters. The Morgan fingerprint density at radius 2 is 1.54 bits per heavy atom. The molecule has 142 valence electrons. The van der Waals surface area contributed by atoms with E-state index in [9.17, 15) is 4.57 Å². The molecule has 0 heterocycles. The van der Waals surface area contributed by atoms with Crippen LogP contribution in [0.2, 0.25) is 0 Å². The third-order valence-corrected chi connectivity index (χ3v) is 6.03. The fourth-order valence-electron chi connectivity index (χ4n) is 2.61. The summed E-state index contributed by atoms with van der Waals surface area (Å²) in [5, 5.41) is 3.28. The Kier molecular flexibility index (Phi) is 7.51. The Morgan fingerprint density at radius 3 is 2.08 bits per heavy atom. The van der Waals surface area contributed by atoms with E-state index in [2.05, 4.69) is 5.32 Å². The fraction of sp³-hybridized carbons (Fsp3) is 0.368. The van der Waals surface area contributed by atoms with Gasteiger partial charge in [0, 0.05) is 11.8 Å². The first-order chi connectivity index (χ1) is 12.6. The van der Waals surface area contributed by atoms with Crippen LogP contribution in [-0.2, 0) is 13.6 Å². The first-order valence-electron chi connectivity index (χ1n) is 8.50. The lowest BCUT2D eigenvalue weighted by molar-refractivity contribution is 0.214. The van der Waals surface area contributed by atoms with Gasteiger partial charge >= 0.3 is 7.60 Å². The Hall–Kier alpha value is -2.01. The van der Waals surface area contributed by atoms with E-state index in [0.29, 0.717) is 11.5 Å². The van der Waals surface area contributed by atoms with Gasteiger partial charge in [0.05, 0.1) is 27.4 Å². The highest BCUT2D eigenvalue weighted by atomic mass is 31.2. The van der Waals surface area contributed by atoms with Crippen LogP contribution in [0.25, 0.3) is 0 Å². The van der Waals surface area contributed by atoms with Crippen LogP contribution in [0.15, 0.2) is 48.5 Å². The van der Waals surface area contributed by atoms with Crippen molar-refractivity contribution >= 4 is 13.3 Å². The van der Waals surface area contributed by atoms with E-state index in [1.807, 2.05) is 36.4 Å². The smallest absolute Gasteiger partial charge is 0.357 e. The second-order valence-electron chi connectivity index (χ2n) is 5.40. The van der Waals surface area contributed by atoms with Gasteiger partial charge in [-0.25, -0.2) is 0 Å². The van der Waals surface area contributed by atoms with Gasteiger partial charge in [0.2, 0.25) is 0 Å². The summed E-state index contributed by atoms with van der Waals surface area (Å²) in [6.45, 7) is 4.16. The Morgan fingerprint density at radius 1 is 0.923 bits per heavy atom. The maximum Gasteiger partial charge on any atom is 0.357 e. The zero-order valence-electron chi connectivity index (χ0n) is 15.6. The molecule has 0 aliphatic heterocycles. The number of nitrogens with one attached hydrogen (secondary N) is 1. The average molecular weight is 379 g/mol. The van der Waals surface area contributed by atoms with Crippen molar-refractivity contribution in [3.05, 3.63) is 54.1 Å².